The van der Waals surface area contributed by atoms with Crippen LogP contribution in [0.3, 0.4) is 0 Å². The fourth-order valence-corrected chi connectivity index (χ4v) is 2.48. The van der Waals surface area contributed by atoms with Gasteiger partial charge in [-0.05, 0) is 39.2 Å². The molecule has 1 saturated heterocycles. The van der Waals surface area contributed by atoms with Crippen molar-refractivity contribution in [2.24, 2.45) is 0 Å². The second-order valence-electron chi connectivity index (χ2n) is 6.28. The Kier molecular flexibility index (Phi) is 4.33. The predicted molar refractivity (Wildman–Crippen MR) is 77.4 cm³/mol. The average molecular weight is 277 g/mol. The molecule has 4 nitrogen and oxygen atoms in total. The first kappa shape index (κ1) is 14.9. The highest BCUT2D eigenvalue weighted by Crippen LogP contribution is 2.32. The Hall–Kier alpha value is -1.55. The first-order valence-corrected chi connectivity index (χ1v) is 7.09. The summed E-state index contributed by atoms with van der Waals surface area (Å²) in [7, 11) is 0. The van der Waals surface area contributed by atoms with Gasteiger partial charge in [-0.15, -0.1) is 0 Å². The van der Waals surface area contributed by atoms with Crippen LogP contribution in [0.15, 0.2) is 30.3 Å². The smallest absolute Gasteiger partial charge is 0.410 e. The van der Waals surface area contributed by atoms with E-state index in [1.165, 1.54) is 0 Å². The van der Waals surface area contributed by atoms with Crippen molar-refractivity contribution in [3.8, 4) is 0 Å². The Morgan fingerprint density at radius 3 is 2.55 bits per heavy atom. The number of hydrogen-bond donors (Lipinski definition) is 1. The van der Waals surface area contributed by atoms with E-state index >= 15 is 0 Å². The van der Waals surface area contributed by atoms with Gasteiger partial charge < -0.3 is 14.7 Å². The second kappa shape index (κ2) is 5.83. The van der Waals surface area contributed by atoms with Crippen molar-refractivity contribution >= 4 is 6.09 Å². The highest BCUT2D eigenvalue weighted by atomic mass is 16.6. The minimum Gasteiger partial charge on any atom is -0.444 e. The van der Waals surface area contributed by atoms with E-state index in [0.29, 0.717) is 19.4 Å². The van der Waals surface area contributed by atoms with Crippen molar-refractivity contribution in [1.82, 2.24) is 4.90 Å². The number of carbonyl (C=O) groups is 1. The summed E-state index contributed by atoms with van der Waals surface area (Å²) in [4.78, 5) is 14.1. The number of nitrogens with zero attached hydrogens (tertiary/aromatic N) is 1. The lowest BCUT2D eigenvalue weighted by Crippen LogP contribution is -2.44. The summed E-state index contributed by atoms with van der Waals surface area (Å²) >= 11 is 0. The highest BCUT2D eigenvalue weighted by molar-refractivity contribution is 5.69. The van der Waals surface area contributed by atoms with Gasteiger partial charge in [-0.25, -0.2) is 4.79 Å². The van der Waals surface area contributed by atoms with E-state index in [-0.39, 0.29) is 18.2 Å². The van der Waals surface area contributed by atoms with Crippen molar-refractivity contribution in [2.45, 2.75) is 51.4 Å². The maximum absolute atomic E-state index is 12.3. The molecule has 2 atom stereocenters. The Balaban J connectivity index is 2.19. The zero-order chi connectivity index (χ0) is 14.8. The molecule has 110 valence electrons. The lowest BCUT2D eigenvalue weighted by atomic mass is 9.94. The van der Waals surface area contributed by atoms with Gasteiger partial charge in [0.25, 0.3) is 0 Å². The summed E-state index contributed by atoms with van der Waals surface area (Å²) < 4.78 is 5.47. The molecule has 1 aromatic carbocycles. The molecule has 0 aromatic heterocycles. The Labute approximate surface area is 120 Å². The third kappa shape index (κ3) is 3.73. The molecular formula is C16H23NO3. The van der Waals surface area contributed by atoms with Gasteiger partial charge in [0.15, 0.2) is 0 Å². The lowest BCUT2D eigenvalue weighted by Gasteiger charge is -2.38. The van der Waals surface area contributed by atoms with Crippen LogP contribution in [0.25, 0.3) is 0 Å². The van der Waals surface area contributed by atoms with Gasteiger partial charge in [0.1, 0.15) is 5.60 Å². The van der Waals surface area contributed by atoms with Gasteiger partial charge in [0.2, 0.25) is 0 Å². The molecule has 1 amide bonds. The van der Waals surface area contributed by atoms with Gasteiger partial charge in [0, 0.05) is 6.54 Å². The molecule has 0 unspecified atom stereocenters. The Morgan fingerprint density at radius 2 is 1.95 bits per heavy atom. The van der Waals surface area contributed by atoms with E-state index in [0.717, 1.165) is 5.56 Å². The molecule has 1 N–H and O–H groups in total. The first-order chi connectivity index (χ1) is 9.37. The lowest BCUT2D eigenvalue weighted by molar-refractivity contribution is -0.00842. The number of piperidine rings is 1. The van der Waals surface area contributed by atoms with Crippen LogP contribution in [-0.4, -0.2) is 34.3 Å². The number of amides is 1. The molecule has 2 rings (SSSR count). The zero-order valence-corrected chi connectivity index (χ0v) is 12.4. The molecule has 1 aliphatic rings. The van der Waals surface area contributed by atoms with Crippen molar-refractivity contribution in [1.29, 1.82) is 0 Å². The zero-order valence-electron chi connectivity index (χ0n) is 12.4. The number of carbonyl (C=O) groups excluding carboxylic acids is 1. The molecule has 1 heterocycles. The SMILES string of the molecule is CC(C)(C)OC(=O)N1CC[C@H](O)C[C@H]1c1ccccc1. The summed E-state index contributed by atoms with van der Waals surface area (Å²) in [5, 5.41) is 9.89. The third-order valence-electron chi connectivity index (χ3n) is 3.39. The molecule has 0 bridgehead atoms. The maximum Gasteiger partial charge on any atom is 0.410 e. The summed E-state index contributed by atoms with van der Waals surface area (Å²) in [6, 6.07) is 9.70. The van der Waals surface area contributed by atoms with Crippen LogP contribution < -0.4 is 0 Å². The minimum absolute atomic E-state index is 0.116. The van der Waals surface area contributed by atoms with Crippen LogP contribution in [0.1, 0.15) is 45.2 Å². The summed E-state index contributed by atoms with van der Waals surface area (Å²) in [6.45, 7) is 6.11. The number of likely N-dealkylation sites (tertiary alicyclic amines) is 1. The van der Waals surface area contributed by atoms with Crippen molar-refractivity contribution in [3.05, 3.63) is 35.9 Å². The van der Waals surface area contributed by atoms with Crippen molar-refractivity contribution in [3.63, 3.8) is 0 Å². The monoisotopic (exact) mass is 277 g/mol. The van der Waals surface area contributed by atoms with Crippen LogP contribution in [0.5, 0.6) is 0 Å². The average Bonchev–Trinajstić information content (AvgIpc) is 2.37. The highest BCUT2D eigenvalue weighted by Gasteiger charge is 2.34. The number of ether oxygens (including phenoxy) is 1. The number of hydrogen-bond acceptors (Lipinski definition) is 3. The predicted octanol–water partition coefficient (Wildman–Crippen LogP) is 3.12. The van der Waals surface area contributed by atoms with Crippen LogP contribution in [0.4, 0.5) is 4.79 Å². The molecule has 1 fully saturated rings. The second-order valence-corrected chi connectivity index (χ2v) is 6.28. The standard InChI is InChI=1S/C16H23NO3/c1-16(2,3)20-15(19)17-10-9-13(18)11-14(17)12-7-5-4-6-8-12/h4-8,13-14,18H,9-11H2,1-3H3/t13-,14-/m0/s1. The maximum atomic E-state index is 12.3. The van der Waals surface area contributed by atoms with E-state index in [4.69, 9.17) is 4.74 Å². The minimum atomic E-state index is -0.506. The van der Waals surface area contributed by atoms with E-state index in [2.05, 4.69) is 0 Å². The third-order valence-corrected chi connectivity index (χ3v) is 3.39. The Morgan fingerprint density at radius 1 is 1.30 bits per heavy atom. The largest absolute Gasteiger partial charge is 0.444 e. The quantitative estimate of drug-likeness (QED) is 0.858. The van der Waals surface area contributed by atoms with Crippen molar-refractivity contribution < 1.29 is 14.6 Å². The van der Waals surface area contributed by atoms with E-state index < -0.39 is 5.60 Å². The van der Waals surface area contributed by atoms with Crippen LogP contribution in [-0.2, 0) is 4.74 Å². The van der Waals surface area contributed by atoms with E-state index in [1.54, 1.807) is 4.90 Å². The molecule has 1 aliphatic heterocycles. The van der Waals surface area contributed by atoms with Gasteiger partial charge in [-0.3, -0.25) is 0 Å². The van der Waals surface area contributed by atoms with Crippen molar-refractivity contribution in [2.75, 3.05) is 6.54 Å². The van der Waals surface area contributed by atoms with Gasteiger partial charge in [-0.2, -0.15) is 0 Å². The summed E-state index contributed by atoms with van der Waals surface area (Å²) in [5.41, 5.74) is 0.533. The molecule has 0 aliphatic carbocycles. The molecule has 0 saturated carbocycles. The number of aliphatic hydroxyl groups excluding tert-OH is 1. The number of benzene rings is 1. The molecule has 0 spiro atoms. The topological polar surface area (TPSA) is 49.8 Å². The molecule has 20 heavy (non-hydrogen) atoms. The fraction of sp³-hybridized carbons (Fsp3) is 0.562. The fourth-order valence-electron chi connectivity index (χ4n) is 2.48. The molecule has 1 aromatic rings. The number of aliphatic hydroxyl groups is 1. The van der Waals surface area contributed by atoms with Crippen LogP contribution in [0.2, 0.25) is 0 Å². The first-order valence-electron chi connectivity index (χ1n) is 7.09. The van der Waals surface area contributed by atoms with Gasteiger partial charge >= 0.3 is 6.09 Å². The van der Waals surface area contributed by atoms with Gasteiger partial charge in [0.05, 0.1) is 12.1 Å². The van der Waals surface area contributed by atoms with Crippen LogP contribution in [0, 0.1) is 0 Å². The van der Waals surface area contributed by atoms with E-state index in [1.807, 2.05) is 51.1 Å². The molecule has 4 heteroatoms. The van der Waals surface area contributed by atoms with Gasteiger partial charge in [-0.1, -0.05) is 30.3 Å². The number of rotatable bonds is 1. The summed E-state index contributed by atoms with van der Waals surface area (Å²) in [6.07, 6.45) is 0.489. The van der Waals surface area contributed by atoms with Crippen LogP contribution >= 0.6 is 0 Å². The normalized spacial score (nSPS) is 23.5. The summed E-state index contributed by atoms with van der Waals surface area (Å²) in [5.74, 6) is 0. The Bertz CT molecular complexity index is 453. The molecular weight excluding hydrogens is 254 g/mol. The molecule has 0 radical (unpaired) electrons. The van der Waals surface area contributed by atoms with E-state index in [9.17, 15) is 9.90 Å².